The van der Waals surface area contributed by atoms with Crippen LogP contribution in [0.2, 0.25) is 10.0 Å². The van der Waals surface area contributed by atoms with Gasteiger partial charge in [-0.1, -0.05) is 60.0 Å². The first kappa shape index (κ1) is 31.3. The molecule has 1 atom stereocenters. The SMILES string of the molecule is CCCNC(=O)[C@@H](C)N(Cc1ccc(Cl)c(Cl)c1)C(=O)CN(c1cccc(OC)c1)S(=O)(=O)c1ccc(C)cc1. The van der Waals surface area contributed by atoms with Crippen molar-refractivity contribution in [2.75, 3.05) is 24.5 Å². The third-order valence-electron chi connectivity index (χ3n) is 6.28. The van der Waals surface area contributed by atoms with Crippen LogP contribution >= 0.6 is 23.2 Å². The van der Waals surface area contributed by atoms with Gasteiger partial charge in [-0.3, -0.25) is 13.9 Å². The Morgan fingerprint density at radius 1 is 1.00 bits per heavy atom. The molecule has 8 nitrogen and oxygen atoms in total. The highest BCUT2D eigenvalue weighted by Gasteiger charge is 2.32. The van der Waals surface area contributed by atoms with Crippen molar-refractivity contribution in [1.82, 2.24) is 10.2 Å². The van der Waals surface area contributed by atoms with Crippen molar-refractivity contribution in [2.45, 2.75) is 44.7 Å². The third-order valence-corrected chi connectivity index (χ3v) is 8.81. The van der Waals surface area contributed by atoms with Gasteiger partial charge in [0.1, 0.15) is 18.3 Å². The van der Waals surface area contributed by atoms with Crippen molar-refractivity contribution in [3.8, 4) is 5.75 Å². The summed E-state index contributed by atoms with van der Waals surface area (Å²) in [5.74, 6) is -0.512. The standard InChI is InChI=1S/C29H33Cl2N3O5S/c1-5-15-32-29(36)21(3)33(18-22-11-14-26(30)27(31)16-22)28(35)19-34(23-7-6-8-24(17-23)39-4)40(37,38)25-12-9-20(2)10-13-25/h6-14,16-17,21H,5,15,18-19H2,1-4H3,(H,32,36)/t21-/m1/s1. The number of carbonyl (C=O) groups excluding carboxylic acids is 2. The van der Waals surface area contributed by atoms with E-state index in [9.17, 15) is 18.0 Å². The first-order valence-electron chi connectivity index (χ1n) is 12.7. The first-order valence-corrected chi connectivity index (χ1v) is 14.9. The molecule has 214 valence electrons. The van der Waals surface area contributed by atoms with Crippen LogP contribution in [0.15, 0.2) is 71.6 Å². The molecule has 0 aliphatic heterocycles. The number of rotatable bonds is 12. The van der Waals surface area contributed by atoms with Gasteiger partial charge in [0.2, 0.25) is 11.8 Å². The Morgan fingerprint density at radius 2 is 1.70 bits per heavy atom. The zero-order valence-corrected chi connectivity index (χ0v) is 25.2. The molecule has 0 aromatic heterocycles. The molecular formula is C29H33Cl2N3O5S. The summed E-state index contributed by atoms with van der Waals surface area (Å²) < 4.78 is 34.1. The first-order chi connectivity index (χ1) is 19.0. The van der Waals surface area contributed by atoms with Crippen LogP contribution < -0.4 is 14.4 Å². The molecule has 0 saturated carbocycles. The maximum atomic E-state index is 13.9. The smallest absolute Gasteiger partial charge is 0.264 e. The Bertz CT molecular complexity index is 1450. The quantitative estimate of drug-likeness (QED) is 0.296. The van der Waals surface area contributed by atoms with E-state index in [0.717, 1.165) is 16.3 Å². The van der Waals surface area contributed by atoms with E-state index in [1.165, 1.54) is 24.1 Å². The number of nitrogens with one attached hydrogen (secondary N) is 1. The van der Waals surface area contributed by atoms with Crippen LogP contribution in [-0.4, -0.2) is 51.4 Å². The number of hydrogen-bond donors (Lipinski definition) is 1. The van der Waals surface area contributed by atoms with E-state index in [1.54, 1.807) is 61.5 Å². The van der Waals surface area contributed by atoms with E-state index < -0.39 is 28.5 Å². The van der Waals surface area contributed by atoms with Crippen LogP contribution in [0.1, 0.15) is 31.4 Å². The van der Waals surface area contributed by atoms with Crippen molar-refractivity contribution in [2.24, 2.45) is 0 Å². The second-order valence-corrected chi connectivity index (χ2v) is 11.9. The fourth-order valence-electron chi connectivity index (χ4n) is 3.95. The van der Waals surface area contributed by atoms with E-state index in [4.69, 9.17) is 27.9 Å². The van der Waals surface area contributed by atoms with E-state index in [-0.39, 0.29) is 23.0 Å². The molecule has 0 unspecified atom stereocenters. The van der Waals surface area contributed by atoms with Gasteiger partial charge in [-0.05, 0) is 62.2 Å². The number of sulfonamides is 1. The average molecular weight is 607 g/mol. The summed E-state index contributed by atoms with van der Waals surface area (Å²) in [4.78, 5) is 28.2. The van der Waals surface area contributed by atoms with Gasteiger partial charge in [0.25, 0.3) is 10.0 Å². The van der Waals surface area contributed by atoms with Crippen LogP contribution in [0, 0.1) is 6.92 Å². The van der Waals surface area contributed by atoms with Gasteiger partial charge >= 0.3 is 0 Å². The number of halogens is 2. The second kappa shape index (κ2) is 13.9. The van der Waals surface area contributed by atoms with Crippen LogP contribution in [0.4, 0.5) is 5.69 Å². The highest BCUT2D eigenvalue weighted by Crippen LogP contribution is 2.28. The maximum absolute atomic E-state index is 13.9. The van der Waals surface area contributed by atoms with Gasteiger partial charge in [-0.15, -0.1) is 0 Å². The lowest BCUT2D eigenvalue weighted by Gasteiger charge is -2.32. The monoisotopic (exact) mass is 605 g/mol. The number of nitrogens with zero attached hydrogens (tertiary/aromatic N) is 2. The molecule has 0 aliphatic rings. The molecule has 1 N–H and O–H groups in total. The molecule has 3 aromatic carbocycles. The van der Waals surface area contributed by atoms with Crippen molar-refractivity contribution in [3.63, 3.8) is 0 Å². The molecule has 0 radical (unpaired) electrons. The number of carbonyl (C=O) groups is 2. The normalized spacial score (nSPS) is 11.9. The predicted octanol–water partition coefficient (Wildman–Crippen LogP) is 5.45. The summed E-state index contributed by atoms with van der Waals surface area (Å²) >= 11 is 12.3. The van der Waals surface area contributed by atoms with Gasteiger partial charge in [-0.25, -0.2) is 8.42 Å². The fourth-order valence-corrected chi connectivity index (χ4v) is 5.67. The summed E-state index contributed by atoms with van der Waals surface area (Å²) in [5.41, 5.74) is 1.76. The van der Waals surface area contributed by atoms with Gasteiger partial charge in [-0.2, -0.15) is 0 Å². The zero-order valence-electron chi connectivity index (χ0n) is 22.9. The summed E-state index contributed by atoms with van der Waals surface area (Å²) in [6.45, 7) is 5.26. The number of amides is 2. The highest BCUT2D eigenvalue weighted by molar-refractivity contribution is 7.92. The van der Waals surface area contributed by atoms with Crippen molar-refractivity contribution in [3.05, 3.63) is 87.9 Å². The summed E-state index contributed by atoms with van der Waals surface area (Å²) in [7, 11) is -2.71. The zero-order chi connectivity index (χ0) is 29.4. The van der Waals surface area contributed by atoms with Crippen LogP contribution in [0.5, 0.6) is 5.75 Å². The van der Waals surface area contributed by atoms with Crippen molar-refractivity contribution < 1.29 is 22.7 Å². The Hall–Kier alpha value is -3.27. The Morgan fingerprint density at radius 3 is 2.33 bits per heavy atom. The van der Waals surface area contributed by atoms with Gasteiger partial charge < -0.3 is 15.0 Å². The largest absolute Gasteiger partial charge is 0.497 e. The topological polar surface area (TPSA) is 96.0 Å². The molecule has 3 rings (SSSR count). The fraction of sp³-hybridized carbons (Fsp3) is 0.310. The number of benzene rings is 3. The minimum atomic E-state index is -4.18. The van der Waals surface area contributed by atoms with Crippen LogP contribution in [0.25, 0.3) is 0 Å². The number of ether oxygens (including phenoxy) is 1. The molecular weight excluding hydrogens is 573 g/mol. The van der Waals surface area contributed by atoms with Crippen molar-refractivity contribution >= 4 is 50.7 Å². The lowest BCUT2D eigenvalue weighted by molar-refractivity contribution is -0.139. The summed E-state index contributed by atoms with van der Waals surface area (Å²) in [5, 5.41) is 3.46. The molecule has 0 spiro atoms. The van der Waals surface area contributed by atoms with Gasteiger partial charge in [0, 0.05) is 19.2 Å². The molecule has 40 heavy (non-hydrogen) atoms. The van der Waals surface area contributed by atoms with E-state index in [1.807, 2.05) is 13.8 Å². The van der Waals surface area contributed by atoms with Crippen molar-refractivity contribution in [1.29, 1.82) is 0 Å². The number of hydrogen-bond acceptors (Lipinski definition) is 5. The molecule has 11 heteroatoms. The molecule has 0 fully saturated rings. The molecule has 0 heterocycles. The number of anilines is 1. The highest BCUT2D eigenvalue weighted by atomic mass is 35.5. The van der Waals surface area contributed by atoms with Gasteiger partial charge in [0.05, 0.1) is 27.7 Å². The minimum absolute atomic E-state index is 0.00691. The summed E-state index contributed by atoms with van der Waals surface area (Å²) in [6.07, 6.45) is 0.720. The molecule has 2 amide bonds. The minimum Gasteiger partial charge on any atom is -0.497 e. The molecule has 0 saturated heterocycles. The Labute approximate surface area is 245 Å². The van der Waals surface area contributed by atoms with E-state index in [0.29, 0.717) is 27.9 Å². The van der Waals surface area contributed by atoms with Crippen LogP contribution in [0.3, 0.4) is 0 Å². The molecule has 3 aromatic rings. The lowest BCUT2D eigenvalue weighted by atomic mass is 10.1. The third kappa shape index (κ3) is 7.68. The Balaban J connectivity index is 2.05. The number of aryl methyl sites for hydroxylation is 1. The lowest BCUT2D eigenvalue weighted by Crippen LogP contribution is -2.51. The van der Waals surface area contributed by atoms with E-state index in [2.05, 4.69) is 5.32 Å². The Kier molecular flexibility index (Phi) is 10.8. The predicted molar refractivity (Wildman–Crippen MR) is 158 cm³/mol. The van der Waals surface area contributed by atoms with E-state index >= 15 is 0 Å². The maximum Gasteiger partial charge on any atom is 0.264 e. The van der Waals surface area contributed by atoms with Crippen LogP contribution in [-0.2, 0) is 26.2 Å². The molecule has 0 aliphatic carbocycles. The average Bonchev–Trinajstić information content (AvgIpc) is 2.94. The number of methoxy groups -OCH3 is 1. The second-order valence-electron chi connectivity index (χ2n) is 9.26. The van der Waals surface area contributed by atoms with Gasteiger partial charge in [0.15, 0.2) is 0 Å². The molecule has 0 bridgehead atoms. The summed E-state index contributed by atoms with van der Waals surface area (Å²) in [6, 6.07) is 16.8.